The molecule has 2 aliphatic heterocycles. The van der Waals surface area contributed by atoms with E-state index in [4.69, 9.17) is 0 Å². The topological polar surface area (TPSA) is 53.1 Å². The Bertz CT molecular complexity index is 363. The lowest BCUT2D eigenvalue weighted by Crippen LogP contribution is -2.26. The molecule has 0 fully saturated rings. The summed E-state index contributed by atoms with van der Waals surface area (Å²) < 4.78 is 0. The van der Waals surface area contributed by atoms with Crippen LogP contribution in [0.3, 0.4) is 0 Å². The van der Waals surface area contributed by atoms with E-state index in [1.54, 1.807) is 0 Å². The minimum absolute atomic E-state index is 0.190. The van der Waals surface area contributed by atoms with Crippen LogP contribution in [0.4, 0.5) is 0 Å². The molecule has 12 heavy (non-hydrogen) atoms. The zero-order valence-corrected chi connectivity index (χ0v) is 6.36. The molecule has 0 saturated heterocycles. The predicted octanol–water partition coefficient (Wildman–Crippen LogP) is 0.369. The first-order valence-electron chi connectivity index (χ1n) is 3.94. The molecule has 3 rings (SSSR count). The van der Waals surface area contributed by atoms with E-state index in [9.17, 15) is 0 Å². The number of hydrogen-bond donors (Lipinski definition) is 2. The number of aliphatic imine (C=N–C) groups is 1. The second-order valence-corrected chi connectivity index (χ2v) is 3.01. The van der Waals surface area contributed by atoms with Crippen molar-refractivity contribution in [3.63, 3.8) is 0 Å². The molecular weight excluding hydrogens is 152 g/mol. The molecule has 2 atom stereocenters. The summed E-state index contributed by atoms with van der Waals surface area (Å²) >= 11 is 0. The molecule has 0 amide bonds. The van der Waals surface area contributed by atoms with E-state index in [0.717, 1.165) is 5.69 Å². The summed E-state index contributed by atoms with van der Waals surface area (Å²) in [7, 11) is 0. The van der Waals surface area contributed by atoms with Gasteiger partial charge in [-0.25, -0.2) is 0 Å². The molecule has 0 aromatic carbocycles. The third-order valence-electron chi connectivity index (χ3n) is 2.33. The standard InChI is InChI=1S/C8H8N4/c1-2-9-8-5(1)6-3-11-12-7(6)4-10-8/h1-5,8-9H,(H,11,12). The van der Waals surface area contributed by atoms with Gasteiger partial charge >= 0.3 is 0 Å². The first-order valence-corrected chi connectivity index (χ1v) is 3.94. The maximum atomic E-state index is 4.34. The van der Waals surface area contributed by atoms with Crippen molar-refractivity contribution in [2.45, 2.75) is 12.1 Å². The van der Waals surface area contributed by atoms with E-state index in [0.29, 0.717) is 5.92 Å². The number of nitrogens with zero attached hydrogens (tertiary/aromatic N) is 2. The van der Waals surface area contributed by atoms with Gasteiger partial charge in [-0.1, -0.05) is 6.08 Å². The third kappa shape index (κ3) is 0.617. The van der Waals surface area contributed by atoms with Crippen molar-refractivity contribution in [3.05, 3.63) is 29.7 Å². The maximum Gasteiger partial charge on any atom is 0.128 e. The van der Waals surface area contributed by atoms with Crippen molar-refractivity contribution in [2.75, 3.05) is 0 Å². The highest BCUT2D eigenvalue weighted by molar-refractivity contribution is 5.81. The molecule has 2 unspecified atom stereocenters. The van der Waals surface area contributed by atoms with E-state index in [1.807, 2.05) is 18.6 Å². The van der Waals surface area contributed by atoms with Gasteiger partial charge in [-0.2, -0.15) is 5.10 Å². The molecule has 0 saturated carbocycles. The highest BCUT2D eigenvalue weighted by atomic mass is 15.1. The summed E-state index contributed by atoms with van der Waals surface area (Å²) in [6.07, 6.45) is 7.97. The number of aromatic amines is 1. The maximum absolute atomic E-state index is 4.34. The van der Waals surface area contributed by atoms with Gasteiger partial charge in [0.25, 0.3) is 0 Å². The van der Waals surface area contributed by atoms with Gasteiger partial charge in [-0.3, -0.25) is 10.1 Å². The molecule has 1 aromatic heterocycles. The van der Waals surface area contributed by atoms with E-state index in [-0.39, 0.29) is 6.17 Å². The molecule has 0 spiro atoms. The van der Waals surface area contributed by atoms with Gasteiger partial charge in [0.2, 0.25) is 0 Å². The van der Waals surface area contributed by atoms with E-state index in [1.165, 1.54) is 5.56 Å². The molecule has 3 heterocycles. The average Bonchev–Trinajstić information content (AvgIpc) is 2.71. The Labute approximate surface area is 69.4 Å². The Balaban J connectivity index is 2.17. The summed E-state index contributed by atoms with van der Waals surface area (Å²) in [4.78, 5) is 4.34. The summed E-state index contributed by atoms with van der Waals surface area (Å²) in [6.45, 7) is 0. The van der Waals surface area contributed by atoms with Crippen LogP contribution < -0.4 is 5.32 Å². The molecule has 2 N–H and O–H groups in total. The quantitative estimate of drug-likeness (QED) is 0.576. The Kier molecular flexibility index (Phi) is 0.983. The van der Waals surface area contributed by atoms with Gasteiger partial charge in [-0.15, -0.1) is 0 Å². The molecule has 2 aliphatic rings. The number of rotatable bonds is 0. The highest BCUT2D eigenvalue weighted by Crippen LogP contribution is 2.29. The highest BCUT2D eigenvalue weighted by Gasteiger charge is 2.28. The fourth-order valence-electron chi connectivity index (χ4n) is 1.71. The van der Waals surface area contributed by atoms with Gasteiger partial charge < -0.3 is 5.32 Å². The fourth-order valence-corrected chi connectivity index (χ4v) is 1.71. The van der Waals surface area contributed by atoms with Crippen LogP contribution in [-0.2, 0) is 0 Å². The van der Waals surface area contributed by atoms with Crippen LogP contribution in [0.15, 0.2) is 23.5 Å². The van der Waals surface area contributed by atoms with Crippen LogP contribution in [0.1, 0.15) is 17.2 Å². The van der Waals surface area contributed by atoms with Crippen LogP contribution in [-0.4, -0.2) is 22.6 Å². The van der Waals surface area contributed by atoms with Crippen molar-refractivity contribution >= 4 is 6.21 Å². The van der Waals surface area contributed by atoms with Crippen molar-refractivity contribution in [1.82, 2.24) is 15.5 Å². The summed E-state index contributed by atoms with van der Waals surface area (Å²) in [5.74, 6) is 0.365. The molecule has 4 nitrogen and oxygen atoms in total. The number of aromatic nitrogens is 2. The predicted molar refractivity (Wildman–Crippen MR) is 45.0 cm³/mol. The zero-order chi connectivity index (χ0) is 7.97. The first-order chi connectivity index (χ1) is 5.95. The summed E-state index contributed by atoms with van der Waals surface area (Å²) in [5.41, 5.74) is 2.26. The third-order valence-corrected chi connectivity index (χ3v) is 2.33. The fraction of sp³-hybridized carbons (Fsp3) is 0.250. The lowest BCUT2D eigenvalue weighted by molar-refractivity contribution is 0.591. The number of hydrogen-bond acceptors (Lipinski definition) is 3. The Hall–Kier alpha value is -1.58. The molecule has 0 aliphatic carbocycles. The van der Waals surface area contributed by atoms with Gasteiger partial charge in [0.15, 0.2) is 0 Å². The molecule has 60 valence electrons. The number of nitrogens with one attached hydrogen (secondary N) is 2. The minimum atomic E-state index is 0.190. The first kappa shape index (κ1) is 5.99. The van der Waals surface area contributed by atoms with Crippen molar-refractivity contribution in [3.8, 4) is 0 Å². The van der Waals surface area contributed by atoms with Gasteiger partial charge in [0.1, 0.15) is 6.17 Å². The van der Waals surface area contributed by atoms with Crippen molar-refractivity contribution in [1.29, 1.82) is 0 Å². The van der Waals surface area contributed by atoms with Crippen LogP contribution >= 0.6 is 0 Å². The second-order valence-electron chi connectivity index (χ2n) is 3.01. The van der Waals surface area contributed by atoms with Gasteiger partial charge in [0, 0.05) is 17.7 Å². The lowest BCUT2D eigenvalue weighted by atomic mass is 9.97. The minimum Gasteiger partial charge on any atom is -0.369 e. The van der Waals surface area contributed by atoms with Crippen molar-refractivity contribution < 1.29 is 0 Å². The monoisotopic (exact) mass is 160 g/mol. The van der Waals surface area contributed by atoms with Gasteiger partial charge in [0.05, 0.1) is 11.9 Å². The SMILES string of the molecule is C1=CC2c3cn[nH]c3C=NC2N1. The van der Waals surface area contributed by atoms with Crippen LogP contribution in [0.25, 0.3) is 0 Å². The Morgan fingerprint density at radius 2 is 2.42 bits per heavy atom. The summed E-state index contributed by atoms with van der Waals surface area (Å²) in [6, 6.07) is 0. The largest absolute Gasteiger partial charge is 0.369 e. The molecule has 0 radical (unpaired) electrons. The van der Waals surface area contributed by atoms with Crippen LogP contribution in [0, 0.1) is 0 Å². The molecule has 1 aromatic rings. The number of H-pyrrole nitrogens is 1. The van der Waals surface area contributed by atoms with Crippen molar-refractivity contribution in [2.24, 2.45) is 4.99 Å². The van der Waals surface area contributed by atoms with Crippen LogP contribution in [0.5, 0.6) is 0 Å². The molecule has 0 bridgehead atoms. The van der Waals surface area contributed by atoms with E-state index >= 15 is 0 Å². The second kappa shape index (κ2) is 1.97. The van der Waals surface area contributed by atoms with E-state index in [2.05, 4.69) is 26.6 Å². The van der Waals surface area contributed by atoms with Crippen LogP contribution in [0.2, 0.25) is 0 Å². The Morgan fingerprint density at radius 1 is 1.42 bits per heavy atom. The molecule has 4 heteroatoms. The van der Waals surface area contributed by atoms with E-state index < -0.39 is 0 Å². The number of fused-ring (bicyclic) bond motifs is 3. The normalized spacial score (nSPS) is 29.7. The zero-order valence-electron chi connectivity index (χ0n) is 6.36. The van der Waals surface area contributed by atoms with Gasteiger partial charge in [-0.05, 0) is 6.20 Å². The average molecular weight is 160 g/mol. The lowest BCUT2D eigenvalue weighted by Gasteiger charge is -2.18. The molecular formula is C8H8N4. The summed E-state index contributed by atoms with van der Waals surface area (Å²) in [5, 5.41) is 10.1. The Morgan fingerprint density at radius 3 is 3.42 bits per heavy atom. The smallest absolute Gasteiger partial charge is 0.128 e.